The van der Waals surface area contributed by atoms with Gasteiger partial charge >= 0.3 is 6.18 Å². The van der Waals surface area contributed by atoms with Gasteiger partial charge in [0.25, 0.3) is 11.6 Å². The molecule has 150 valence electrons. The van der Waals surface area contributed by atoms with E-state index in [1.54, 1.807) is 0 Å². The number of nitro groups is 1. The molecule has 0 saturated carbocycles. The van der Waals surface area contributed by atoms with Gasteiger partial charge in [0, 0.05) is 24.4 Å². The fourth-order valence-electron chi connectivity index (χ4n) is 2.06. The monoisotopic (exact) mass is 453 g/mol. The summed E-state index contributed by atoms with van der Waals surface area (Å²) < 4.78 is 38.3. The molecule has 0 atom stereocenters. The van der Waals surface area contributed by atoms with Gasteiger partial charge in [-0.3, -0.25) is 14.9 Å². The molecule has 0 unspecified atom stereocenters. The van der Waals surface area contributed by atoms with Gasteiger partial charge in [-0.05, 0) is 24.6 Å². The summed E-state index contributed by atoms with van der Waals surface area (Å²) in [5.41, 5.74) is -1.18. The summed E-state index contributed by atoms with van der Waals surface area (Å²) in [5.74, 6) is -0.216. The number of carbonyl (C=O) groups excluding carboxylic acids is 1. The van der Waals surface area contributed by atoms with Crippen LogP contribution in [0.4, 0.5) is 18.9 Å². The first-order valence-electron chi connectivity index (χ1n) is 7.67. The number of non-ortho nitro benzene ring substituents is 1. The van der Waals surface area contributed by atoms with Gasteiger partial charge in [-0.2, -0.15) is 13.2 Å². The maximum atomic E-state index is 12.8. The normalized spacial score (nSPS) is 11.3. The van der Waals surface area contributed by atoms with Crippen LogP contribution in [0.3, 0.4) is 0 Å². The number of benzene rings is 1. The quantitative estimate of drug-likeness (QED) is 0.204. The van der Waals surface area contributed by atoms with E-state index in [1.165, 1.54) is 12.1 Å². The number of carbonyl (C=O) groups is 1. The highest BCUT2D eigenvalue weighted by Gasteiger charge is 2.31. The smallest absolute Gasteiger partial charge is 0.352 e. The van der Waals surface area contributed by atoms with E-state index < -0.39 is 22.6 Å². The predicted molar refractivity (Wildman–Crippen MR) is 100 cm³/mol. The summed E-state index contributed by atoms with van der Waals surface area (Å²) in [6.45, 7) is 0.192. The fraction of sp³-hybridized carbons (Fsp3) is 0.250. The Morgan fingerprint density at radius 1 is 1.25 bits per heavy atom. The van der Waals surface area contributed by atoms with E-state index in [1.807, 2.05) is 0 Å². The van der Waals surface area contributed by atoms with Crippen LogP contribution < -0.4 is 5.32 Å². The molecule has 1 amide bonds. The third-order valence-corrected chi connectivity index (χ3v) is 4.88. The van der Waals surface area contributed by atoms with Crippen molar-refractivity contribution in [3.63, 3.8) is 0 Å². The van der Waals surface area contributed by atoms with Crippen LogP contribution in [0.25, 0.3) is 0 Å². The standard InChI is InChI=1S/C16H12Cl2F3N3O3S/c17-12-3-2-10(24(26)27)8-11(12)15(25)22-4-1-5-28-14-7-9(16(19,20)21)6-13(18)23-14/h2-3,6-8H,1,4-5H2,(H,22,25). The number of amides is 1. The van der Waals surface area contributed by atoms with Crippen molar-refractivity contribution in [1.29, 1.82) is 0 Å². The van der Waals surface area contributed by atoms with E-state index in [0.29, 0.717) is 12.2 Å². The molecule has 1 heterocycles. The Labute approximate surface area is 171 Å². The topological polar surface area (TPSA) is 85.1 Å². The second kappa shape index (κ2) is 9.44. The summed E-state index contributed by atoms with van der Waals surface area (Å²) in [5, 5.41) is 13.3. The van der Waals surface area contributed by atoms with Gasteiger partial charge in [0.2, 0.25) is 0 Å². The van der Waals surface area contributed by atoms with Crippen molar-refractivity contribution in [3.05, 3.63) is 61.7 Å². The van der Waals surface area contributed by atoms with Crippen LogP contribution in [0.1, 0.15) is 22.3 Å². The van der Waals surface area contributed by atoms with Gasteiger partial charge < -0.3 is 5.32 Å². The zero-order chi connectivity index (χ0) is 20.9. The molecule has 6 nitrogen and oxygen atoms in total. The third kappa shape index (κ3) is 6.25. The largest absolute Gasteiger partial charge is 0.416 e. The first kappa shape index (κ1) is 22.3. The number of nitrogens with zero attached hydrogens (tertiary/aromatic N) is 2. The Bertz CT molecular complexity index is 897. The molecule has 0 radical (unpaired) electrons. The zero-order valence-corrected chi connectivity index (χ0v) is 16.3. The second-order valence-corrected chi connectivity index (χ2v) is 7.30. The van der Waals surface area contributed by atoms with Crippen molar-refractivity contribution in [2.45, 2.75) is 17.6 Å². The predicted octanol–water partition coefficient (Wildman–Crippen LogP) is 5.23. The fourth-order valence-corrected chi connectivity index (χ4v) is 3.39. The highest BCUT2D eigenvalue weighted by molar-refractivity contribution is 7.99. The number of hydrogen-bond donors (Lipinski definition) is 1. The maximum Gasteiger partial charge on any atom is 0.416 e. The zero-order valence-electron chi connectivity index (χ0n) is 13.9. The molecule has 12 heteroatoms. The molecule has 0 bridgehead atoms. The van der Waals surface area contributed by atoms with E-state index in [2.05, 4.69) is 10.3 Å². The Balaban J connectivity index is 1.87. The number of pyridine rings is 1. The number of nitrogens with one attached hydrogen (secondary N) is 1. The Morgan fingerprint density at radius 2 is 1.96 bits per heavy atom. The SMILES string of the molecule is O=C(NCCCSc1cc(C(F)(F)F)cc(Cl)n1)c1cc([N+](=O)[O-])ccc1Cl. The van der Waals surface area contributed by atoms with Crippen LogP contribution in [0.15, 0.2) is 35.4 Å². The second-order valence-electron chi connectivity index (χ2n) is 5.39. The molecular weight excluding hydrogens is 442 g/mol. The number of aromatic nitrogens is 1. The summed E-state index contributed by atoms with van der Waals surface area (Å²) in [7, 11) is 0. The number of thioether (sulfide) groups is 1. The first-order chi connectivity index (χ1) is 13.1. The van der Waals surface area contributed by atoms with Gasteiger partial charge in [-0.15, -0.1) is 11.8 Å². The molecule has 1 N–H and O–H groups in total. The summed E-state index contributed by atoms with van der Waals surface area (Å²) in [6, 6.07) is 5.16. The molecule has 1 aromatic heterocycles. The lowest BCUT2D eigenvalue weighted by Gasteiger charge is -2.09. The maximum absolute atomic E-state index is 12.8. The Kier molecular flexibility index (Phi) is 7.50. The van der Waals surface area contributed by atoms with Crippen LogP contribution >= 0.6 is 35.0 Å². The minimum absolute atomic E-state index is 0.0325. The number of alkyl halides is 3. The lowest BCUT2D eigenvalue weighted by Crippen LogP contribution is -2.25. The molecule has 0 aliphatic rings. The van der Waals surface area contributed by atoms with Gasteiger partial charge in [0.05, 0.1) is 26.1 Å². The Hall–Kier alpha value is -2.04. The number of halogens is 5. The van der Waals surface area contributed by atoms with Crippen LogP contribution in [-0.2, 0) is 6.18 Å². The molecular formula is C16H12Cl2F3N3O3S. The summed E-state index contributed by atoms with van der Waals surface area (Å²) in [4.78, 5) is 26.0. The molecule has 0 spiro atoms. The molecule has 28 heavy (non-hydrogen) atoms. The van der Waals surface area contributed by atoms with Crippen LogP contribution in [0.5, 0.6) is 0 Å². The van der Waals surface area contributed by atoms with Crippen LogP contribution in [0.2, 0.25) is 10.2 Å². The Morgan fingerprint density at radius 3 is 2.61 bits per heavy atom. The average molecular weight is 454 g/mol. The van der Waals surface area contributed by atoms with E-state index in [4.69, 9.17) is 23.2 Å². The van der Waals surface area contributed by atoms with E-state index in [-0.39, 0.29) is 33.0 Å². The van der Waals surface area contributed by atoms with E-state index in [9.17, 15) is 28.1 Å². The molecule has 2 rings (SSSR count). The van der Waals surface area contributed by atoms with Crippen molar-refractivity contribution >= 4 is 46.6 Å². The molecule has 1 aromatic carbocycles. The number of rotatable bonds is 7. The van der Waals surface area contributed by atoms with Crippen LogP contribution in [0, 0.1) is 10.1 Å². The van der Waals surface area contributed by atoms with Crippen molar-refractivity contribution in [2.24, 2.45) is 0 Å². The average Bonchev–Trinajstić information content (AvgIpc) is 2.60. The first-order valence-corrected chi connectivity index (χ1v) is 9.42. The lowest BCUT2D eigenvalue weighted by atomic mass is 10.2. The molecule has 0 fully saturated rings. The van der Waals surface area contributed by atoms with Crippen molar-refractivity contribution in [1.82, 2.24) is 10.3 Å². The van der Waals surface area contributed by atoms with Gasteiger partial charge in [0.15, 0.2) is 0 Å². The molecule has 0 aliphatic carbocycles. The third-order valence-electron chi connectivity index (χ3n) is 3.36. The van der Waals surface area contributed by atoms with E-state index >= 15 is 0 Å². The number of hydrogen-bond acceptors (Lipinski definition) is 5. The van der Waals surface area contributed by atoms with Crippen molar-refractivity contribution in [3.8, 4) is 0 Å². The summed E-state index contributed by atoms with van der Waals surface area (Å²) in [6.07, 6.45) is -4.11. The lowest BCUT2D eigenvalue weighted by molar-refractivity contribution is -0.384. The molecule has 0 saturated heterocycles. The van der Waals surface area contributed by atoms with Gasteiger partial charge in [-0.1, -0.05) is 23.2 Å². The highest BCUT2D eigenvalue weighted by atomic mass is 35.5. The minimum atomic E-state index is -4.52. The minimum Gasteiger partial charge on any atom is -0.352 e. The van der Waals surface area contributed by atoms with Gasteiger partial charge in [-0.25, -0.2) is 4.98 Å². The van der Waals surface area contributed by atoms with Crippen molar-refractivity contribution < 1.29 is 22.9 Å². The molecule has 0 aliphatic heterocycles. The highest BCUT2D eigenvalue weighted by Crippen LogP contribution is 2.33. The molecule has 2 aromatic rings. The van der Waals surface area contributed by atoms with Crippen molar-refractivity contribution in [2.75, 3.05) is 12.3 Å². The van der Waals surface area contributed by atoms with Crippen LogP contribution in [-0.4, -0.2) is 28.1 Å². The van der Waals surface area contributed by atoms with E-state index in [0.717, 1.165) is 30.0 Å². The van der Waals surface area contributed by atoms with Gasteiger partial charge in [0.1, 0.15) is 5.15 Å². The number of nitro benzene ring substituents is 1. The summed E-state index contributed by atoms with van der Waals surface area (Å²) >= 11 is 12.6.